The quantitative estimate of drug-likeness (QED) is 0.790. The predicted molar refractivity (Wildman–Crippen MR) is 103 cm³/mol. The van der Waals surface area contributed by atoms with Crippen LogP contribution in [0.5, 0.6) is 0 Å². The highest BCUT2D eigenvalue weighted by Gasteiger charge is 2.31. The summed E-state index contributed by atoms with van der Waals surface area (Å²) in [6, 6.07) is 14.8. The molecule has 0 radical (unpaired) electrons. The number of benzene rings is 2. The van der Waals surface area contributed by atoms with Crippen LogP contribution in [0.25, 0.3) is 0 Å². The first-order valence-corrected chi connectivity index (χ1v) is 8.77. The van der Waals surface area contributed by atoms with Gasteiger partial charge in [0.2, 0.25) is 5.91 Å². The lowest BCUT2D eigenvalue weighted by atomic mass is 9.92. The maximum atomic E-state index is 12.7. The first-order valence-electron chi connectivity index (χ1n) is 8.77. The van der Waals surface area contributed by atoms with Gasteiger partial charge in [0.15, 0.2) is 0 Å². The van der Waals surface area contributed by atoms with Crippen LogP contribution in [0, 0.1) is 0 Å². The van der Waals surface area contributed by atoms with Crippen LogP contribution in [-0.4, -0.2) is 25.0 Å². The molecule has 0 spiro atoms. The Labute approximate surface area is 153 Å². The summed E-state index contributed by atoms with van der Waals surface area (Å²) in [5.74, 6) is -0.300. The Bertz CT molecular complexity index is 818. The maximum Gasteiger partial charge on any atom is 0.321 e. The topological polar surface area (TPSA) is 87.5 Å². The molecule has 0 aliphatic carbocycles. The summed E-state index contributed by atoms with van der Waals surface area (Å²) in [7, 11) is 0. The summed E-state index contributed by atoms with van der Waals surface area (Å²) >= 11 is 0. The van der Waals surface area contributed by atoms with Crippen molar-refractivity contribution in [3.63, 3.8) is 0 Å². The van der Waals surface area contributed by atoms with Crippen LogP contribution in [0.15, 0.2) is 48.5 Å². The molecule has 1 aliphatic rings. The molecular formula is C20H24N4O2. The third-order valence-electron chi connectivity index (χ3n) is 4.66. The lowest BCUT2D eigenvalue weighted by Crippen LogP contribution is -2.45. The second kappa shape index (κ2) is 7.17. The fourth-order valence-electron chi connectivity index (χ4n) is 3.09. The minimum atomic E-state index is -1.15. The second-order valence-electron chi connectivity index (χ2n) is 6.60. The third-order valence-corrected chi connectivity index (χ3v) is 4.66. The zero-order chi connectivity index (χ0) is 18.7. The Morgan fingerprint density at radius 3 is 2.62 bits per heavy atom. The summed E-state index contributed by atoms with van der Waals surface area (Å²) in [6.45, 7) is 4.78. The molecule has 1 aliphatic heterocycles. The van der Waals surface area contributed by atoms with E-state index >= 15 is 0 Å². The Kier molecular flexibility index (Phi) is 4.95. The Balaban J connectivity index is 1.80. The highest BCUT2D eigenvalue weighted by atomic mass is 16.2. The van der Waals surface area contributed by atoms with Gasteiger partial charge in [-0.15, -0.1) is 0 Å². The zero-order valence-corrected chi connectivity index (χ0v) is 15.1. The highest BCUT2D eigenvalue weighted by molar-refractivity contribution is 6.00. The maximum absolute atomic E-state index is 12.7. The molecule has 0 fully saturated rings. The first-order chi connectivity index (χ1) is 12.4. The molecule has 1 heterocycles. The van der Waals surface area contributed by atoms with Crippen molar-refractivity contribution in [3.05, 3.63) is 59.7 Å². The summed E-state index contributed by atoms with van der Waals surface area (Å²) in [4.78, 5) is 26.6. The van der Waals surface area contributed by atoms with Crippen molar-refractivity contribution in [3.8, 4) is 0 Å². The molecule has 2 aromatic carbocycles. The van der Waals surface area contributed by atoms with Gasteiger partial charge in [-0.1, -0.05) is 36.4 Å². The van der Waals surface area contributed by atoms with Gasteiger partial charge in [0, 0.05) is 18.8 Å². The molecule has 3 rings (SSSR count). The van der Waals surface area contributed by atoms with Gasteiger partial charge in [-0.3, -0.25) is 9.69 Å². The van der Waals surface area contributed by atoms with Crippen molar-refractivity contribution >= 4 is 23.3 Å². The summed E-state index contributed by atoms with van der Waals surface area (Å²) in [6.07, 6.45) is 0.805. The fraction of sp³-hybridized carbons (Fsp3) is 0.300. The molecule has 3 amide bonds. The molecule has 6 nitrogen and oxygen atoms in total. The number of urea groups is 1. The number of anilines is 2. The van der Waals surface area contributed by atoms with E-state index in [-0.39, 0.29) is 11.9 Å². The highest BCUT2D eigenvalue weighted by Crippen LogP contribution is 2.31. The van der Waals surface area contributed by atoms with Crippen LogP contribution < -0.4 is 21.3 Å². The van der Waals surface area contributed by atoms with Gasteiger partial charge in [0.1, 0.15) is 5.54 Å². The summed E-state index contributed by atoms with van der Waals surface area (Å²) < 4.78 is 0. The molecule has 26 heavy (non-hydrogen) atoms. The molecule has 2 aromatic rings. The van der Waals surface area contributed by atoms with Crippen molar-refractivity contribution in [2.45, 2.75) is 25.8 Å². The van der Waals surface area contributed by atoms with Crippen molar-refractivity contribution in [2.75, 3.05) is 23.3 Å². The van der Waals surface area contributed by atoms with Crippen LogP contribution in [0.2, 0.25) is 0 Å². The van der Waals surface area contributed by atoms with E-state index < -0.39 is 5.54 Å². The Morgan fingerprint density at radius 2 is 1.92 bits per heavy atom. The number of hydrogen-bond donors (Lipinski definition) is 3. The minimum Gasteiger partial charge on any atom is -0.338 e. The average Bonchev–Trinajstić information content (AvgIpc) is 3.06. The first kappa shape index (κ1) is 17.9. The van der Waals surface area contributed by atoms with Crippen molar-refractivity contribution in [1.82, 2.24) is 5.32 Å². The van der Waals surface area contributed by atoms with E-state index in [0.29, 0.717) is 18.8 Å². The van der Waals surface area contributed by atoms with Crippen molar-refractivity contribution in [1.29, 1.82) is 0 Å². The Hall–Kier alpha value is -2.86. The van der Waals surface area contributed by atoms with Crippen molar-refractivity contribution < 1.29 is 9.59 Å². The van der Waals surface area contributed by atoms with Gasteiger partial charge >= 0.3 is 6.03 Å². The number of carbonyl (C=O) groups excluding carboxylic acids is 2. The van der Waals surface area contributed by atoms with Crippen LogP contribution >= 0.6 is 0 Å². The van der Waals surface area contributed by atoms with Gasteiger partial charge in [0.05, 0.1) is 5.69 Å². The van der Waals surface area contributed by atoms with Gasteiger partial charge in [0.25, 0.3) is 0 Å². The molecule has 136 valence electrons. The van der Waals surface area contributed by atoms with E-state index in [4.69, 9.17) is 5.73 Å². The van der Waals surface area contributed by atoms with Crippen molar-refractivity contribution in [2.24, 2.45) is 5.73 Å². The monoisotopic (exact) mass is 352 g/mol. The van der Waals surface area contributed by atoms with Crippen LogP contribution in [-0.2, 0) is 16.8 Å². The average molecular weight is 352 g/mol. The zero-order valence-electron chi connectivity index (χ0n) is 15.1. The number of rotatable bonds is 4. The van der Waals surface area contributed by atoms with E-state index in [0.717, 1.165) is 23.2 Å². The Morgan fingerprint density at radius 1 is 1.19 bits per heavy atom. The van der Waals surface area contributed by atoms with Gasteiger partial charge < -0.3 is 16.4 Å². The summed E-state index contributed by atoms with van der Waals surface area (Å²) in [5, 5.41) is 5.69. The van der Waals surface area contributed by atoms with E-state index in [9.17, 15) is 9.59 Å². The molecule has 0 aromatic heterocycles. The molecule has 4 N–H and O–H groups in total. The van der Waals surface area contributed by atoms with Crippen LogP contribution in [0.3, 0.4) is 0 Å². The van der Waals surface area contributed by atoms with Crippen LogP contribution in [0.1, 0.15) is 25.0 Å². The number of nitrogens with one attached hydrogen (secondary N) is 2. The lowest BCUT2D eigenvalue weighted by molar-refractivity contribution is -0.120. The second-order valence-corrected chi connectivity index (χ2v) is 6.60. The molecule has 6 heteroatoms. The van der Waals surface area contributed by atoms with Gasteiger partial charge in [-0.25, -0.2) is 4.79 Å². The van der Waals surface area contributed by atoms with Crippen LogP contribution in [0.4, 0.5) is 16.2 Å². The fourth-order valence-corrected chi connectivity index (χ4v) is 3.09. The number of fused-ring (bicyclic) bond motifs is 1. The summed E-state index contributed by atoms with van der Waals surface area (Å²) in [5.41, 5.74) is 8.40. The van der Waals surface area contributed by atoms with E-state index in [1.165, 1.54) is 0 Å². The third kappa shape index (κ3) is 3.41. The number of carbonyl (C=O) groups is 2. The standard InChI is InChI=1S/C20H24N4O2/c1-3-22-19(26)24-12-11-14-9-10-16(13-17(14)24)23-18(25)20(2,21)15-7-5-4-6-8-15/h4-10,13H,3,11-12,21H2,1-2H3,(H,22,26)(H,23,25). The smallest absolute Gasteiger partial charge is 0.321 e. The number of hydrogen-bond acceptors (Lipinski definition) is 3. The predicted octanol–water partition coefficient (Wildman–Crippen LogP) is 2.59. The van der Waals surface area contributed by atoms with E-state index in [2.05, 4.69) is 10.6 Å². The molecule has 0 saturated carbocycles. The molecule has 1 atom stereocenters. The molecular weight excluding hydrogens is 328 g/mol. The van der Waals surface area contributed by atoms with Gasteiger partial charge in [-0.2, -0.15) is 0 Å². The normalized spacial score (nSPS) is 15.1. The number of nitrogens with zero attached hydrogens (tertiary/aromatic N) is 1. The number of amides is 3. The van der Waals surface area contributed by atoms with E-state index in [1.807, 2.05) is 55.5 Å². The molecule has 0 bridgehead atoms. The molecule has 0 saturated heterocycles. The number of nitrogens with two attached hydrogens (primary N) is 1. The lowest BCUT2D eigenvalue weighted by Gasteiger charge is -2.24. The largest absolute Gasteiger partial charge is 0.338 e. The molecule has 1 unspecified atom stereocenters. The van der Waals surface area contributed by atoms with E-state index in [1.54, 1.807) is 11.8 Å². The SMILES string of the molecule is CCNC(=O)N1CCc2ccc(NC(=O)C(C)(N)c3ccccc3)cc21. The minimum absolute atomic E-state index is 0.123. The van der Waals surface area contributed by atoms with Gasteiger partial charge in [-0.05, 0) is 43.5 Å².